The van der Waals surface area contributed by atoms with E-state index in [4.69, 9.17) is 27.9 Å². The van der Waals surface area contributed by atoms with Gasteiger partial charge in [0.1, 0.15) is 18.3 Å². The lowest BCUT2D eigenvalue weighted by Crippen LogP contribution is -2.50. The summed E-state index contributed by atoms with van der Waals surface area (Å²) in [5.41, 5.74) is 1.15. The molecule has 0 unspecified atom stereocenters. The van der Waals surface area contributed by atoms with E-state index in [0.29, 0.717) is 25.8 Å². The normalized spacial score (nSPS) is 30.0. The fourth-order valence-corrected chi connectivity index (χ4v) is 3.22. The SMILES string of the molecule is O[C@@H]1[C@H](O)[C@H](O)CO[C@H]1n1c(Br)nc2cc(Cl)c(Cl)cc21. The van der Waals surface area contributed by atoms with Gasteiger partial charge in [-0.15, -0.1) is 0 Å². The largest absolute Gasteiger partial charge is 0.388 e. The molecule has 1 aromatic heterocycles. The van der Waals surface area contributed by atoms with Crippen LogP contribution in [-0.4, -0.2) is 49.8 Å². The highest BCUT2D eigenvalue weighted by atomic mass is 79.9. The van der Waals surface area contributed by atoms with Gasteiger partial charge in [-0.1, -0.05) is 23.2 Å². The van der Waals surface area contributed by atoms with Gasteiger partial charge in [0.05, 0.1) is 27.7 Å². The molecule has 1 aliphatic heterocycles. The Bertz CT molecular complexity index is 695. The number of fused-ring (bicyclic) bond motifs is 1. The molecule has 0 bridgehead atoms. The molecule has 3 N–H and O–H groups in total. The molecular formula is C12H11BrCl2N2O4. The average Bonchev–Trinajstić information content (AvgIpc) is 2.73. The maximum absolute atomic E-state index is 10.1. The third-order valence-electron chi connectivity index (χ3n) is 3.42. The minimum absolute atomic E-state index is 0.101. The van der Waals surface area contributed by atoms with Crippen LogP contribution in [0.15, 0.2) is 16.9 Å². The van der Waals surface area contributed by atoms with Gasteiger partial charge in [0.2, 0.25) is 0 Å². The number of nitrogens with zero attached hydrogens (tertiary/aromatic N) is 2. The minimum Gasteiger partial charge on any atom is -0.388 e. The monoisotopic (exact) mass is 396 g/mol. The van der Waals surface area contributed by atoms with E-state index in [2.05, 4.69) is 20.9 Å². The first-order valence-electron chi connectivity index (χ1n) is 6.08. The van der Waals surface area contributed by atoms with Gasteiger partial charge in [0.25, 0.3) is 0 Å². The number of ether oxygens (including phenoxy) is 1. The van der Waals surface area contributed by atoms with Crippen LogP contribution in [-0.2, 0) is 4.74 Å². The van der Waals surface area contributed by atoms with Gasteiger partial charge in [0.15, 0.2) is 11.0 Å². The van der Waals surface area contributed by atoms with Gasteiger partial charge in [-0.2, -0.15) is 0 Å². The van der Waals surface area contributed by atoms with Crippen molar-refractivity contribution in [2.24, 2.45) is 0 Å². The summed E-state index contributed by atoms with van der Waals surface area (Å²) >= 11 is 15.3. The van der Waals surface area contributed by atoms with Crippen molar-refractivity contribution in [1.29, 1.82) is 0 Å². The van der Waals surface area contributed by atoms with Crippen molar-refractivity contribution in [3.05, 3.63) is 26.9 Å². The summed E-state index contributed by atoms with van der Waals surface area (Å²) in [6, 6.07) is 3.20. The van der Waals surface area contributed by atoms with Crippen molar-refractivity contribution >= 4 is 50.2 Å². The van der Waals surface area contributed by atoms with Gasteiger partial charge < -0.3 is 20.1 Å². The van der Waals surface area contributed by atoms with Crippen LogP contribution in [0, 0.1) is 0 Å². The van der Waals surface area contributed by atoms with Crippen LogP contribution >= 0.6 is 39.1 Å². The molecule has 2 heterocycles. The standard InChI is InChI=1S/C12H11BrCl2N2O4/c13-12-16-6-1-4(14)5(15)2-7(6)17(12)11-10(20)9(19)8(18)3-21-11/h1-2,8-11,18-20H,3H2/t8-,9-,10-,11-/m1/s1. The van der Waals surface area contributed by atoms with Crippen LogP contribution in [0.1, 0.15) is 6.23 Å². The summed E-state index contributed by atoms with van der Waals surface area (Å²) in [6.45, 7) is -0.101. The van der Waals surface area contributed by atoms with Crippen LogP contribution < -0.4 is 0 Å². The number of hydrogen-bond donors (Lipinski definition) is 3. The number of aliphatic hydroxyl groups is 3. The second kappa shape index (κ2) is 5.66. The van der Waals surface area contributed by atoms with Gasteiger partial charge in [0, 0.05) is 0 Å². The van der Waals surface area contributed by atoms with Crippen LogP contribution in [0.5, 0.6) is 0 Å². The zero-order valence-corrected chi connectivity index (χ0v) is 13.5. The minimum atomic E-state index is -1.31. The van der Waals surface area contributed by atoms with E-state index >= 15 is 0 Å². The molecule has 2 aromatic rings. The highest BCUT2D eigenvalue weighted by Gasteiger charge is 2.39. The molecule has 0 amide bonds. The molecule has 0 spiro atoms. The van der Waals surface area contributed by atoms with E-state index in [1.54, 1.807) is 16.7 Å². The van der Waals surface area contributed by atoms with Gasteiger partial charge in [-0.3, -0.25) is 4.57 Å². The van der Waals surface area contributed by atoms with Gasteiger partial charge in [-0.25, -0.2) is 4.98 Å². The Hall–Kier alpha value is -0.410. The van der Waals surface area contributed by atoms with Crippen molar-refractivity contribution < 1.29 is 20.1 Å². The van der Waals surface area contributed by atoms with E-state index in [9.17, 15) is 15.3 Å². The van der Waals surface area contributed by atoms with E-state index in [0.717, 1.165) is 0 Å². The lowest BCUT2D eigenvalue weighted by molar-refractivity contribution is -0.210. The molecule has 6 nitrogen and oxygen atoms in total. The zero-order valence-electron chi connectivity index (χ0n) is 10.4. The van der Waals surface area contributed by atoms with Crippen molar-refractivity contribution in [3.8, 4) is 0 Å². The smallest absolute Gasteiger partial charge is 0.180 e. The Morgan fingerprint density at radius 2 is 1.86 bits per heavy atom. The molecule has 1 aliphatic rings. The maximum atomic E-state index is 10.1. The number of aliphatic hydroxyl groups excluding tert-OH is 3. The second-order valence-electron chi connectivity index (χ2n) is 4.78. The number of imidazole rings is 1. The fourth-order valence-electron chi connectivity index (χ4n) is 2.32. The number of halogens is 3. The lowest BCUT2D eigenvalue weighted by Gasteiger charge is -2.36. The quantitative estimate of drug-likeness (QED) is 0.681. The Labute approximate surface area is 138 Å². The lowest BCUT2D eigenvalue weighted by atomic mass is 10.0. The Morgan fingerprint density at radius 1 is 1.19 bits per heavy atom. The molecule has 3 rings (SSSR count). The molecule has 0 saturated carbocycles. The van der Waals surface area contributed by atoms with Gasteiger partial charge in [-0.05, 0) is 28.1 Å². The molecule has 114 valence electrons. The van der Waals surface area contributed by atoms with Crippen molar-refractivity contribution in [1.82, 2.24) is 9.55 Å². The van der Waals surface area contributed by atoms with Crippen molar-refractivity contribution in [2.45, 2.75) is 24.5 Å². The zero-order chi connectivity index (χ0) is 15.3. The first kappa shape index (κ1) is 15.5. The fraction of sp³-hybridized carbons (Fsp3) is 0.417. The number of rotatable bonds is 1. The highest BCUT2D eigenvalue weighted by Crippen LogP contribution is 2.35. The first-order valence-corrected chi connectivity index (χ1v) is 7.63. The highest BCUT2D eigenvalue weighted by molar-refractivity contribution is 9.10. The summed E-state index contributed by atoms with van der Waals surface area (Å²) < 4.78 is 7.38. The first-order chi connectivity index (χ1) is 9.90. The molecule has 1 aromatic carbocycles. The third kappa shape index (κ3) is 2.57. The molecule has 1 fully saturated rings. The summed E-state index contributed by atoms with van der Waals surface area (Å²) in [5.74, 6) is 0. The van der Waals surface area contributed by atoms with Crippen LogP contribution in [0.4, 0.5) is 0 Å². The summed E-state index contributed by atoms with van der Waals surface area (Å²) in [6.07, 6.45) is -4.66. The molecular weight excluding hydrogens is 387 g/mol. The Kier molecular flexibility index (Phi) is 4.17. The summed E-state index contributed by atoms with van der Waals surface area (Å²) in [5, 5.41) is 30.1. The summed E-state index contributed by atoms with van der Waals surface area (Å²) in [4.78, 5) is 4.27. The molecule has 21 heavy (non-hydrogen) atoms. The van der Waals surface area contributed by atoms with Crippen LogP contribution in [0.3, 0.4) is 0 Å². The predicted octanol–water partition coefficient (Wildman–Crippen LogP) is 1.72. The van der Waals surface area contributed by atoms with E-state index in [1.807, 2.05) is 0 Å². The molecule has 1 saturated heterocycles. The number of benzene rings is 1. The van der Waals surface area contributed by atoms with E-state index in [-0.39, 0.29) is 6.61 Å². The molecule has 4 atom stereocenters. The maximum Gasteiger partial charge on any atom is 0.180 e. The van der Waals surface area contributed by atoms with Crippen molar-refractivity contribution in [3.63, 3.8) is 0 Å². The summed E-state index contributed by atoms with van der Waals surface area (Å²) in [7, 11) is 0. The van der Waals surface area contributed by atoms with Crippen LogP contribution in [0.25, 0.3) is 11.0 Å². The Balaban J connectivity index is 2.12. The van der Waals surface area contributed by atoms with E-state index in [1.165, 1.54) is 0 Å². The number of hydrogen-bond acceptors (Lipinski definition) is 5. The average molecular weight is 398 g/mol. The molecule has 0 radical (unpaired) electrons. The third-order valence-corrected chi connectivity index (χ3v) is 4.70. The molecule has 0 aliphatic carbocycles. The van der Waals surface area contributed by atoms with Crippen molar-refractivity contribution in [2.75, 3.05) is 6.61 Å². The predicted molar refractivity (Wildman–Crippen MR) is 80.5 cm³/mol. The van der Waals surface area contributed by atoms with Gasteiger partial charge >= 0.3 is 0 Å². The van der Waals surface area contributed by atoms with E-state index < -0.39 is 24.5 Å². The second-order valence-corrected chi connectivity index (χ2v) is 6.30. The number of aromatic nitrogens is 2. The Morgan fingerprint density at radius 3 is 2.57 bits per heavy atom. The molecule has 9 heteroatoms. The van der Waals surface area contributed by atoms with Crippen LogP contribution in [0.2, 0.25) is 10.0 Å². The topological polar surface area (TPSA) is 87.7 Å².